The zero-order valence-corrected chi connectivity index (χ0v) is 6.08. The van der Waals surface area contributed by atoms with Gasteiger partial charge in [-0.05, 0) is 25.8 Å². The molecule has 0 spiro atoms. The standard InChI is InChI=1S/C7H14N2O/c10-9-6-1-2-7(9)5-8-4-3-6/h6-8,10H,1-5H2. The minimum Gasteiger partial charge on any atom is -0.315 e. The number of nitrogens with one attached hydrogen (secondary N) is 1. The Morgan fingerprint density at radius 3 is 2.90 bits per heavy atom. The topological polar surface area (TPSA) is 35.5 Å². The fraction of sp³-hybridized carbons (Fsp3) is 1.00. The lowest BCUT2D eigenvalue weighted by molar-refractivity contribution is -0.128. The van der Waals surface area contributed by atoms with E-state index in [1.165, 1.54) is 6.42 Å². The van der Waals surface area contributed by atoms with Gasteiger partial charge in [0.15, 0.2) is 0 Å². The summed E-state index contributed by atoms with van der Waals surface area (Å²) in [4.78, 5) is 0. The second kappa shape index (κ2) is 2.49. The van der Waals surface area contributed by atoms with Gasteiger partial charge in [0.2, 0.25) is 0 Å². The Bertz CT molecular complexity index is 115. The van der Waals surface area contributed by atoms with E-state index in [1.54, 1.807) is 5.06 Å². The average Bonchev–Trinajstić information content (AvgIpc) is 2.06. The van der Waals surface area contributed by atoms with Crippen LogP contribution in [0.3, 0.4) is 0 Å². The summed E-state index contributed by atoms with van der Waals surface area (Å²) in [7, 11) is 0. The Balaban J connectivity index is 2.07. The van der Waals surface area contributed by atoms with Crippen LogP contribution in [0.2, 0.25) is 0 Å². The molecule has 2 saturated heterocycles. The molecule has 2 fully saturated rings. The molecule has 2 heterocycles. The number of hydroxylamine groups is 2. The lowest BCUT2D eigenvalue weighted by Gasteiger charge is -2.18. The number of nitrogens with zero attached hydrogens (tertiary/aromatic N) is 1. The summed E-state index contributed by atoms with van der Waals surface area (Å²) in [5, 5.41) is 14.3. The minimum atomic E-state index is 0.396. The highest BCUT2D eigenvalue weighted by Gasteiger charge is 2.33. The molecule has 0 aliphatic carbocycles. The molecule has 2 aliphatic heterocycles. The van der Waals surface area contributed by atoms with Crippen molar-refractivity contribution < 1.29 is 5.21 Å². The summed E-state index contributed by atoms with van der Waals surface area (Å²) in [6.07, 6.45) is 3.45. The van der Waals surface area contributed by atoms with E-state index in [1.807, 2.05) is 0 Å². The van der Waals surface area contributed by atoms with E-state index in [0.717, 1.165) is 25.9 Å². The van der Waals surface area contributed by atoms with Crippen LogP contribution in [0.25, 0.3) is 0 Å². The molecule has 0 aromatic carbocycles. The van der Waals surface area contributed by atoms with E-state index in [0.29, 0.717) is 12.1 Å². The first kappa shape index (κ1) is 6.58. The highest BCUT2D eigenvalue weighted by molar-refractivity contribution is 4.86. The highest BCUT2D eigenvalue weighted by Crippen LogP contribution is 2.25. The van der Waals surface area contributed by atoms with Crippen LogP contribution in [-0.2, 0) is 0 Å². The van der Waals surface area contributed by atoms with Gasteiger partial charge in [0.25, 0.3) is 0 Å². The molecular formula is C7H14N2O. The first-order valence-electron chi connectivity index (χ1n) is 4.06. The number of hydrogen-bond acceptors (Lipinski definition) is 3. The van der Waals surface area contributed by atoms with Gasteiger partial charge in [-0.15, -0.1) is 0 Å². The van der Waals surface area contributed by atoms with Crippen molar-refractivity contribution in [2.75, 3.05) is 13.1 Å². The van der Waals surface area contributed by atoms with Crippen LogP contribution in [0.1, 0.15) is 19.3 Å². The molecule has 2 rings (SSSR count). The third-order valence-corrected chi connectivity index (χ3v) is 2.62. The largest absolute Gasteiger partial charge is 0.315 e. The predicted octanol–water partition coefficient (Wildman–Crippen LogP) is 0.202. The second-order valence-electron chi connectivity index (χ2n) is 3.26. The van der Waals surface area contributed by atoms with Crippen molar-refractivity contribution in [1.82, 2.24) is 10.4 Å². The molecule has 2 bridgehead atoms. The highest BCUT2D eigenvalue weighted by atomic mass is 16.5. The van der Waals surface area contributed by atoms with Crippen molar-refractivity contribution in [3.63, 3.8) is 0 Å². The van der Waals surface area contributed by atoms with Gasteiger partial charge in [-0.1, -0.05) is 0 Å². The maximum absolute atomic E-state index is 9.48. The second-order valence-corrected chi connectivity index (χ2v) is 3.26. The van der Waals surface area contributed by atoms with Gasteiger partial charge in [0.05, 0.1) is 0 Å². The van der Waals surface area contributed by atoms with Crippen LogP contribution in [0.15, 0.2) is 0 Å². The third kappa shape index (κ3) is 0.944. The van der Waals surface area contributed by atoms with Crippen LogP contribution in [0.5, 0.6) is 0 Å². The lowest BCUT2D eigenvalue weighted by Crippen LogP contribution is -2.34. The van der Waals surface area contributed by atoms with Crippen molar-refractivity contribution in [2.24, 2.45) is 0 Å². The van der Waals surface area contributed by atoms with Gasteiger partial charge in [-0.3, -0.25) is 0 Å². The van der Waals surface area contributed by atoms with Crippen molar-refractivity contribution in [3.8, 4) is 0 Å². The summed E-state index contributed by atoms with van der Waals surface area (Å²) in [6.45, 7) is 2.03. The van der Waals surface area contributed by atoms with Crippen molar-refractivity contribution >= 4 is 0 Å². The van der Waals surface area contributed by atoms with E-state index in [2.05, 4.69) is 5.32 Å². The Morgan fingerprint density at radius 1 is 1.20 bits per heavy atom. The van der Waals surface area contributed by atoms with E-state index in [-0.39, 0.29) is 0 Å². The zero-order valence-electron chi connectivity index (χ0n) is 6.08. The molecule has 0 aromatic heterocycles. The van der Waals surface area contributed by atoms with E-state index in [4.69, 9.17) is 0 Å². The molecule has 0 saturated carbocycles. The molecule has 0 aromatic rings. The molecule has 10 heavy (non-hydrogen) atoms. The molecule has 3 nitrogen and oxygen atoms in total. The predicted molar refractivity (Wildman–Crippen MR) is 37.9 cm³/mol. The molecule has 2 atom stereocenters. The summed E-state index contributed by atoms with van der Waals surface area (Å²) in [5.74, 6) is 0. The SMILES string of the molecule is ON1C2CCNCC1CC2. The first-order chi connectivity index (χ1) is 4.88. The van der Waals surface area contributed by atoms with Gasteiger partial charge in [0, 0.05) is 18.6 Å². The summed E-state index contributed by atoms with van der Waals surface area (Å²) >= 11 is 0. The lowest BCUT2D eigenvalue weighted by atomic mass is 10.1. The molecule has 0 amide bonds. The smallest absolute Gasteiger partial charge is 0.0478 e. The maximum atomic E-state index is 9.48. The van der Waals surface area contributed by atoms with Gasteiger partial charge in [-0.2, -0.15) is 5.06 Å². The molecule has 2 unspecified atom stereocenters. The molecule has 2 N–H and O–H groups in total. The number of fused-ring (bicyclic) bond motifs is 2. The fourth-order valence-electron chi connectivity index (χ4n) is 1.96. The fourth-order valence-corrected chi connectivity index (χ4v) is 1.96. The number of rotatable bonds is 0. The summed E-state index contributed by atoms with van der Waals surface area (Å²) < 4.78 is 0. The van der Waals surface area contributed by atoms with Crippen molar-refractivity contribution in [2.45, 2.75) is 31.3 Å². The average molecular weight is 142 g/mol. The van der Waals surface area contributed by atoms with Crippen molar-refractivity contribution in [3.05, 3.63) is 0 Å². The Labute approximate surface area is 61.0 Å². The van der Waals surface area contributed by atoms with Crippen LogP contribution < -0.4 is 5.32 Å². The molecule has 58 valence electrons. The van der Waals surface area contributed by atoms with Crippen LogP contribution in [0, 0.1) is 0 Å². The zero-order chi connectivity index (χ0) is 6.97. The van der Waals surface area contributed by atoms with Crippen molar-refractivity contribution in [1.29, 1.82) is 0 Å². The van der Waals surface area contributed by atoms with Gasteiger partial charge >= 0.3 is 0 Å². The van der Waals surface area contributed by atoms with E-state index >= 15 is 0 Å². The quantitative estimate of drug-likeness (QED) is 0.507. The van der Waals surface area contributed by atoms with Crippen LogP contribution in [0.4, 0.5) is 0 Å². The minimum absolute atomic E-state index is 0.396. The van der Waals surface area contributed by atoms with Crippen LogP contribution >= 0.6 is 0 Å². The first-order valence-corrected chi connectivity index (χ1v) is 4.06. The third-order valence-electron chi connectivity index (χ3n) is 2.62. The monoisotopic (exact) mass is 142 g/mol. The maximum Gasteiger partial charge on any atom is 0.0478 e. The molecular weight excluding hydrogens is 128 g/mol. The Hall–Kier alpha value is -0.120. The van der Waals surface area contributed by atoms with Gasteiger partial charge in [0.1, 0.15) is 0 Å². The molecule has 3 heteroatoms. The number of hydrogen-bond donors (Lipinski definition) is 2. The van der Waals surface area contributed by atoms with E-state index in [9.17, 15) is 5.21 Å². The van der Waals surface area contributed by atoms with Gasteiger partial charge < -0.3 is 10.5 Å². The molecule has 0 radical (unpaired) electrons. The van der Waals surface area contributed by atoms with Gasteiger partial charge in [-0.25, -0.2) is 0 Å². The summed E-state index contributed by atoms with van der Waals surface area (Å²) in [5.41, 5.74) is 0. The molecule has 2 aliphatic rings. The van der Waals surface area contributed by atoms with Crippen LogP contribution in [-0.4, -0.2) is 35.4 Å². The Morgan fingerprint density at radius 2 is 2.00 bits per heavy atom. The normalized spacial score (nSPS) is 41.7. The summed E-state index contributed by atoms with van der Waals surface area (Å²) in [6, 6.07) is 0.840. The Kier molecular flexibility index (Phi) is 1.64. The van der Waals surface area contributed by atoms with E-state index < -0.39 is 0 Å².